The summed E-state index contributed by atoms with van der Waals surface area (Å²) in [5, 5.41) is 0.973. The summed E-state index contributed by atoms with van der Waals surface area (Å²) in [6, 6.07) is 20.0. The van der Waals surface area contributed by atoms with Gasteiger partial charge in [0.1, 0.15) is 5.58 Å². The molecular formula is C19H17NO2. The number of nitrogens with zero attached hydrogens (tertiary/aromatic N) is 1. The van der Waals surface area contributed by atoms with Crippen molar-refractivity contribution in [2.75, 3.05) is 6.54 Å². The molecule has 2 aromatic carbocycles. The fourth-order valence-corrected chi connectivity index (χ4v) is 3.26. The lowest BCUT2D eigenvalue weighted by atomic mass is 10.0. The van der Waals surface area contributed by atoms with Crippen LogP contribution >= 0.6 is 0 Å². The number of carbonyl (C=O) groups excluding carboxylic acids is 1. The molecule has 0 saturated carbocycles. The van der Waals surface area contributed by atoms with Crippen LogP contribution in [-0.2, 0) is 0 Å². The van der Waals surface area contributed by atoms with Crippen molar-refractivity contribution in [1.29, 1.82) is 0 Å². The van der Waals surface area contributed by atoms with Gasteiger partial charge in [-0.3, -0.25) is 4.79 Å². The first kappa shape index (κ1) is 13.1. The van der Waals surface area contributed by atoms with Gasteiger partial charge >= 0.3 is 0 Å². The number of fused-ring (bicyclic) bond motifs is 1. The molecule has 3 heteroatoms. The normalized spacial score (nSPS) is 18.0. The maximum Gasteiger partial charge on any atom is 0.290 e. The van der Waals surface area contributed by atoms with E-state index in [2.05, 4.69) is 12.1 Å². The van der Waals surface area contributed by atoms with Crippen molar-refractivity contribution in [2.24, 2.45) is 0 Å². The first-order chi connectivity index (χ1) is 10.8. The molecule has 1 saturated heterocycles. The van der Waals surface area contributed by atoms with Gasteiger partial charge in [-0.25, -0.2) is 0 Å². The van der Waals surface area contributed by atoms with Crippen molar-refractivity contribution in [3.63, 3.8) is 0 Å². The van der Waals surface area contributed by atoms with Gasteiger partial charge in [0, 0.05) is 11.9 Å². The Morgan fingerprint density at radius 2 is 1.82 bits per heavy atom. The fourth-order valence-electron chi connectivity index (χ4n) is 3.26. The quantitative estimate of drug-likeness (QED) is 0.700. The van der Waals surface area contributed by atoms with E-state index in [0.717, 1.165) is 30.4 Å². The summed E-state index contributed by atoms with van der Waals surface area (Å²) in [4.78, 5) is 14.8. The zero-order valence-corrected chi connectivity index (χ0v) is 12.2. The Bertz CT molecular complexity index is 773. The largest absolute Gasteiger partial charge is 0.451 e. The first-order valence-electron chi connectivity index (χ1n) is 7.67. The number of carbonyl (C=O) groups is 1. The smallest absolute Gasteiger partial charge is 0.290 e. The van der Waals surface area contributed by atoms with E-state index in [1.165, 1.54) is 5.56 Å². The predicted molar refractivity (Wildman–Crippen MR) is 85.7 cm³/mol. The summed E-state index contributed by atoms with van der Waals surface area (Å²) in [6.45, 7) is 0.787. The van der Waals surface area contributed by atoms with E-state index < -0.39 is 0 Å². The lowest BCUT2D eigenvalue weighted by Gasteiger charge is -2.24. The second kappa shape index (κ2) is 5.34. The summed E-state index contributed by atoms with van der Waals surface area (Å²) in [5.41, 5.74) is 1.96. The van der Waals surface area contributed by atoms with Crippen molar-refractivity contribution in [3.05, 3.63) is 72.0 Å². The Morgan fingerprint density at radius 1 is 1.05 bits per heavy atom. The molecular weight excluding hydrogens is 274 g/mol. The third-order valence-corrected chi connectivity index (χ3v) is 4.33. The van der Waals surface area contributed by atoms with E-state index in [1.54, 1.807) is 0 Å². The second-order valence-electron chi connectivity index (χ2n) is 5.72. The molecule has 1 aromatic heterocycles. The van der Waals surface area contributed by atoms with E-state index in [9.17, 15) is 4.79 Å². The highest BCUT2D eigenvalue weighted by Crippen LogP contribution is 2.33. The molecule has 1 amide bonds. The van der Waals surface area contributed by atoms with Crippen LogP contribution < -0.4 is 0 Å². The van der Waals surface area contributed by atoms with Crippen molar-refractivity contribution >= 4 is 16.9 Å². The molecule has 3 aromatic rings. The minimum atomic E-state index is -0.0115. The lowest BCUT2D eigenvalue weighted by molar-refractivity contribution is 0.0705. The minimum Gasteiger partial charge on any atom is -0.451 e. The van der Waals surface area contributed by atoms with Crippen molar-refractivity contribution in [1.82, 2.24) is 4.90 Å². The van der Waals surface area contributed by atoms with E-state index in [0.29, 0.717) is 5.76 Å². The van der Waals surface area contributed by atoms with Crippen LogP contribution in [0, 0.1) is 0 Å². The number of para-hydroxylation sites is 1. The summed E-state index contributed by atoms with van der Waals surface area (Å²) in [5.74, 6) is 0.423. The topological polar surface area (TPSA) is 33.5 Å². The molecule has 1 fully saturated rings. The number of rotatable bonds is 2. The van der Waals surface area contributed by atoms with Crippen LogP contribution in [0.5, 0.6) is 0 Å². The van der Waals surface area contributed by atoms with Crippen LogP contribution in [0.2, 0.25) is 0 Å². The molecule has 1 unspecified atom stereocenters. The second-order valence-corrected chi connectivity index (χ2v) is 5.72. The summed E-state index contributed by atoms with van der Waals surface area (Å²) in [7, 11) is 0. The molecule has 0 N–H and O–H groups in total. The van der Waals surface area contributed by atoms with Crippen LogP contribution in [0.3, 0.4) is 0 Å². The number of benzene rings is 2. The number of hydrogen-bond acceptors (Lipinski definition) is 2. The van der Waals surface area contributed by atoms with E-state index in [-0.39, 0.29) is 11.9 Å². The molecule has 1 aliphatic heterocycles. The van der Waals surface area contributed by atoms with Gasteiger partial charge in [-0.05, 0) is 30.5 Å². The predicted octanol–water partition coefficient (Wildman–Crippen LogP) is 4.41. The van der Waals surface area contributed by atoms with Gasteiger partial charge in [0.05, 0.1) is 6.04 Å². The van der Waals surface area contributed by atoms with Crippen molar-refractivity contribution in [2.45, 2.75) is 18.9 Å². The average molecular weight is 291 g/mol. The minimum absolute atomic E-state index is 0.0115. The van der Waals surface area contributed by atoms with Crippen molar-refractivity contribution in [3.8, 4) is 0 Å². The number of amides is 1. The zero-order chi connectivity index (χ0) is 14.9. The van der Waals surface area contributed by atoms with E-state index in [4.69, 9.17) is 4.42 Å². The highest BCUT2D eigenvalue weighted by Gasteiger charge is 2.32. The molecule has 0 spiro atoms. The maximum absolute atomic E-state index is 12.8. The van der Waals surface area contributed by atoms with E-state index in [1.807, 2.05) is 53.4 Å². The third-order valence-electron chi connectivity index (χ3n) is 4.33. The van der Waals surface area contributed by atoms with Gasteiger partial charge in [-0.1, -0.05) is 48.5 Å². The molecule has 1 aliphatic rings. The van der Waals surface area contributed by atoms with Gasteiger partial charge in [0.15, 0.2) is 5.76 Å². The first-order valence-corrected chi connectivity index (χ1v) is 7.67. The number of furan rings is 1. The molecule has 4 rings (SSSR count). The lowest BCUT2D eigenvalue weighted by Crippen LogP contribution is -2.30. The van der Waals surface area contributed by atoms with Gasteiger partial charge < -0.3 is 9.32 Å². The molecule has 0 aliphatic carbocycles. The number of likely N-dealkylation sites (tertiary alicyclic amines) is 1. The average Bonchev–Trinajstić information content (AvgIpc) is 3.21. The Kier molecular flexibility index (Phi) is 3.19. The van der Waals surface area contributed by atoms with E-state index >= 15 is 0 Å². The van der Waals surface area contributed by atoms with Crippen LogP contribution in [0.1, 0.15) is 35.0 Å². The molecule has 0 radical (unpaired) electrons. The molecule has 3 nitrogen and oxygen atoms in total. The highest BCUT2D eigenvalue weighted by atomic mass is 16.3. The van der Waals surface area contributed by atoms with Crippen molar-refractivity contribution < 1.29 is 9.21 Å². The Morgan fingerprint density at radius 3 is 2.64 bits per heavy atom. The maximum atomic E-state index is 12.8. The molecule has 22 heavy (non-hydrogen) atoms. The molecule has 110 valence electrons. The van der Waals surface area contributed by atoms with Gasteiger partial charge in [-0.15, -0.1) is 0 Å². The fraction of sp³-hybridized carbons (Fsp3) is 0.211. The van der Waals surface area contributed by atoms with Gasteiger partial charge in [0.2, 0.25) is 0 Å². The Balaban J connectivity index is 1.66. The monoisotopic (exact) mass is 291 g/mol. The van der Waals surface area contributed by atoms with Crippen LogP contribution in [-0.4, -0.2) is 17.4 Å². The Hall–Kier alpha value is -2.55. The summed E-state index contributed by atoms with van der Waals surface area (Å²) >= 11 is 0. The molecule has 2 heterocycles. The Labute approximate surface area is 129 Å². The highest BCUT2D eigenvalue weighted by molar-refractivity contribution is 5.96. The summed E-state index contributed by atoms with van der Waals surface area (Å²) in [6.07, 6.45) is 2.04. The van der Waals surface area contributed by atoms with Crippen LogP contribution in [0.15, 0.2) is 65.1 Å². The van der Waals surface area contributed by atoms with Crippen LogP contribution in [0.4, 0.5) is 0 Å². The zero-order valence-electron chi connectivity index (χ0n) is 12.2. The molecule has 1 atom stereocenters. The SMILES string of the molecule is O=C(c1cc2ccccc2o1)N1CCCC1c1ccccc1. The van der Waals surface area contributed by atoms with Gasteiger partial charge in [-0.2, -0.15) is 0 Å². The molecule has 0 bridgehead atoms. The van der Waals surface area contributed by atoms with Gasteiger partial charge in [0.25, 0.3) is 5.91 Å². The number of hydrogen-bond donors (Lipinski definition) is 0. The third kappa shape index (κ3) is 2.19. The summed E-state index contributed by atoms with van der Waals surface area (Å²) < 4.78 is 5.74. The van der Waals surface area contributed by atoms with Crippen LogP contribution in [0.25, 0.3) is 11.0 Å². The standard InChI is InChI=1S/C19H17NO2/c21-19(18-13-15-9-4-5-11-17(15)22-18)20-12-6-10-16(20)14-7-2-1-3-8-14/h1-5,7-9,11,13,16H,6,10,12H2.